The average molecular weight is 379 g/mol. The van der Waals surface area contributed by atoms with Crippen LogP contribution in [0.1, 0.15) is 6.42 Å². The number of nitrogens with zero attached hydrogens (tertiary/aromatic N) is 3. The van der Waals surface area contributed by atoms with Crippen molar-refractivity contribution in [1.29, 1.82) is 0 Å². The fraction of sp³-hybridized carbons (Fsp3) is 0.333. The van der Waals surface area contributed by atoms with Gasteiger partial charge in [0.1, 0.15) is 0 Å². The van der Waals surface area contributed by atoms with Gasteiger partial charge in [-0.25, -0.2) is 0 Å². The van der Waals surface area contributed by atoms with E-state index in [1.54, 1.807) is 0 Å². The average Bonchev–Trinajstić information content (AvgIpc) is 3.11. The molecule has 0 saturated carbocycles. The minimum atomic E-state index is 0.495. The zero-order valence-corrected chi connectivity index (χ0v) is 15.3. The summed E-state index contributed by atoms with van der Waals surface area (Å²) in [6.45, 7) is 1.91. The quantitative estimate of drug-likeness (QED) is 0.677. The van der Waals surface area contributed by atoms with Crippen molar-refractivity contribution in [2.24, 2.45) is 0 Å². The van der Waals surface area contributed by atoms with E-state index in [2.05, 4.69) is 20.2 Å². The summed E-state index contributed by atoms with van der Waals surface area (Å²) in [6.07, 6.45) is 1.11. The van der Waals surface area contributed by atoms with Crippen molar-refractivity contribution < 1.29 is 4.42 Å². The van der Waals surface area contributed by atoms with Crippen molar-refractivity contribution in [2.45, 2.75) is 12.5 Å². The Bertz CT molecular complexity index is 865. The number of hydrogen-bond acceptors (Lipinski definition) is 5. The van der Waals surface area contributed by atoms with Crippen LogP contribution in [0.4, 0.5) is 5.82 Å². The van der Waals surface area contributed by atoms with Crippen LogP contribution in [0, 0.1) is 0 Å². The second kappa shape index (κ2) is 5.41. The van der Waals surface area contributed by atoms with Gasteiger partial charge in [-0.05, 0) is 0 Å². The van der Waals surface area contributed by atoms with Crippen LogP contribution in [-0.4, -0.2) is 53.0 Å². The van der Waals surface area contributed by atoms with Crippen LogP contribution in [0.3, 0.4) is 0 Å². The first-order chi connectivity index (χ1) is 10.7. The standard InChI is InChI=1S/C15H16AsClN4O/c1-18-9-4-5-21(7-9)14-13-12(19-15(16)20-14)10-6-8(17)2-3-11(10)22-13/h2-3,6,9,18H,4-5,7,16H2,1H3/t9-/m1/s1. The number of anilines is 1. The third-order valence-electron chi connectivity index (χ3n) is 4.17. The monoisotopic (exact) mass is 378 g/mol. The second-order valence-corrected chi connectivity index (χ2v) is 7.07. The molecule has 2 aromatic heterocycles. The van der Waals surface area contributed by atoms with Crippen molar-refractivity contribution >= 4 is 61.0 Å². The molecule has 1 aromatic carbocycles. The topological polar surface area (TPSA) is 54.2 Å². The van der Waals surface area contributed by atoms with Gasteiger partial charge in [-0.3, -0.25) is 0 Å². The number of nitrogens with one attached hydrogen (secondary N) is 1. The molecule has 3 aromatic rings. The van der Waals surface area contributed by atoms with Gasteiger partial charge in [-0.1, -0.05) is 0 Å². The predicted molar refractivity (Wildman–Crippen MR) is 92.2 cm³/mol. The summed E-state index contributed by atoms with van der Waals surface area (Å²) >= 11 is 7.54. The Balaban J connectivity index is 1.93. The fourth-order valence-electron chi connectivity index (χ4n) is 3.02. The van der Waals surface area contributed by atoms with Crippen molar-refractivity contribution in [3.63, 3.8) is 0 Å². The number of likely N-dealkylation sites (N-methyl/N-ethyl adjacent to an activating group) is 1. The summed E-state index contributed by atoms with van der Waals surface area (Å²) in [5, 5.41) is 4.97. The number of rotatable bonds is 2. The number of aromatic nitrogens is 2. The maximum absolute atomic E-state index is 6.12. The molecule has 0 radical (unpaired) electrons. The Morgan fingerprint density at radius 3 is 3.05 bits per heavy atom. The molecule has 1 saturated heterocycles. The SMILES string of the molecule is CN[C@@H]1CCN(c2nc([AsH2])nc3c2oc2ccc(Cl)cc23)C1. The molecule has 0 aliphatic carbocycles. The molecular formula is C15H16AsClN4O. The summed E-state index contributed by atoms with van der Waals surface area (Å²) in [6, 6.07) is 6.13. The first-order valence-corrected chi connectivity index (χ1v) is 8.82. The van der Waals surface area contributed by atoms with Gasteiger partial charge < -0.3 is 0 Å². The first-order valence-electron chi connectivity index (χ1n) is 7.23. The molecule has 1 unspecified atom stereocenters. The van der Waals surface area contributed by atoms with E-state index in [1.165, 1.54) is 16.9 Å². The minimum absolute atomic E-state index is 0.495. The molecule has 1 N–H and O–H groups in total. The van der Waals surface area contributed by atoms with Gasteiger partial charge in [-0.2, -0.15) is 0 Å². The van der Waals surface area contributed by atoms with E-state index in [0.29, 0.717) is 11.1 Å². The van der Waals surface area contributed by atoms with Crippen LogP contribution < -0.4 is 14.8 Å². The number of benzene rings is 1. The predicted octanol–water partition coefficient (Wildman–Crippen LogP) is 1.09. The molecule has 0 bridgehead atoms. The number of furan rings is 1. The first kappa shape index (κ1) is 14.3. The second-order valence-electron chi connectivity index (χ2n) is 5.55. The number of halogens is 1. The van der Waals surface area contributed by atoms with E-state index in [4.69, 9.17) is 16.0 Å². The van der Waals surface area contributed by atoms with Crippen molar-refractivity contribution in [1.82, 2.24) is 15.3 Å². The van der Waals surface area contributed by atoms with Gasteiger partial charge in [0.15, 0.2) is 0 Å². The zero-order chi connectivity index (χ0) is 15.3. The molecule has 22 heavy (non-hydrogen) atoms. The van der Waals surface area contributed by atoms with Crippen LogP contribution in [0.2, 0.25) is 5.02 Å². The van der Waals surface area contributed by atoms with E-state index in [9.17, 15) is 0 Å². The Kier molecular flexibility index (Phi) is 3.52. The molecule has 1 aliphatic heterocycles. The van der Waals surface area contributed by atoms with Gasteiger partial charge >= 0.3 is 141 Å². The van der Waals surface area contributed by atoms with E-state index in [0.717, 1.165) is 52.0 Å². The summed E-state index contributed by atoms with van der Waals surface area (Å²) in [7, 11) is 2.00. The van der Waals surface area contributed by atoms with Gasteiger partial charge in [0.2, 0.25) is 0 Å². The van der Waals surface area contributed by atoms with Crippen molar-refractivity contribution in [3.05, 3.63) is 23.2 Å². The molecule has 0 spiro atoms. The molecule has 7 heteroatoms. The fourth-order valence-corrected chi connectivity index (χ4v) is 3.72. The summed E-state index contributed by atoms with van der Waals surface area (Å²) < 4.78 is 6.85. The van der Waals surface area contributed by atoms with E-state index >= 15 is 0 Å². The molecule has 0 amide bonds. The molecule has 3 heterocycles. The third kappa shape index (κ3) is 2.28. The summed E-state index contributed by atoms with van der Waals surface area (Å²) in [4.78, 5) is 11.5. The Morgan fingerprint density at radius 1 is 1.41 bits per heavy atom. The van der Waals surface area contributed by atoms with Gasteiger partial charge in [-0.15, -0.1) is 0 Å². The molecule has 1 aliphatic rings. The van der Waals surface area contributed by atoms with Crippen LogP contribution in [0.25, 0.3) is 22.1 Å². The van der Waals surface area contributed by atoms with Crippen LogP contribution in [0.5, 0.6) is 0 Å². The van der Waals surface area contributed by atoms with Gasteiger partial charge in [0.05, 0.1) is 0 Å². The maximum atomic E-state index is 6.12. The zero-order valence-electron chi connectivity index (χ0n) is 12.1. The molecular weight excluding hydrogens is 363 g/mol. The Hall–Kier alpha value is -1.29. The summed E-state index contributed by atoms with van der Waals surface area (Å²) in [5.74, 6) is 0.898. The molecule has 2 atom stereocenters. The van der Waals surface area contributed by atoms with Crippen molar-refractivity contribution in [3.8, 4) is 0 Å². The van der Waals surface area contributed by atoms with E-state index in [1.807, 2.05) is 25.2 Å². The van der Waals surface area contributed by atoms with Crippen molar-refractivity contribution in [2.75, 3.05) is 25.0 Å². The van der Waals surface area contributed by atoms with Crippen LogP contribution in [0.15, 0.2) is 22.6 Å². The summed E-state index contributed by atoms with van der Waals surface area (Å²) in [5.41, 5.74) is 2.42. The third-order valence-corrected chi connectivity index (χ3v) is 4.95. The molecule has 114 valence electrons. The Labute approximate surface area is 141 Å². The number of fused-ring (bicyclic) bond motifs is 3. The molecule has 1 fully saturated rings. The van der Waals surface area contributed by atoms with Gasteiger partial charge in [0, 0.05) is 0 Å². The van der Waals surface area contributed by atoms with Gasteiger partial charge in [0.25, 0.3) is 0 Å². The van der Waals surface area contributed by atoms with E-state index in [-0.39, 0.29) is 0 Å². The normalized spacial score (nSPS) is 18.7. The molecule has 5 nitrogen and oxygen atoms in total. The molecule has 4 rings (SSSR count). The van der Waals surface area contributed by atoms with Crippen LogP contribution >= 0.6 is 11.6 Å². The van der Waals surface area contributed by atoms with E-state index < -0.39 is 0 Å². The number of hydrogen-bond donors (Lipinski definition) is 1. The Morgan fingerprint density at radius 2 is 2.27 bits per heavy atom. The van der Waals surface area contributed by atoms with Crippen LogP contribution in [-0.2, 0) is 0 Å².